The maximum Gasteiger partial charge on any atom is 0.394 e. The summed E-state index contributed by atoms with van der Waals surface area (Å²) in [5.41, 5.74) is 0. The van der Waals surface area contributed by atoms with E-state index in [0.717, 1.165) is 0 Å². The van der Waals surface area contributed by atoms with Crippen LogP contribution in [0.25, 0.3) is 0 Å². The molecule has 20 N–H and O–H groups in total. The van der Waals surface area contributed by atoms with Crippen LogP contribution in [0.15, 0.2) is 0 Å². The van der Waals surface area contributed by atoms with Crippen molar-refractivity contribution < 1.29 is 133 Å². The lowest BCUT2D eigenvalue weighted by Crippen LogP contribution is -1.89. The number of rotatable bonds is 0. The van der Waals surface area contributed by atoms with Crippen LogP contribution >= 0.6 is 0 Å². The molecule has 0 aromatic rings. The molecule has 0 aromatic heterocycles. The van der Waals surface area contributed by atoms with Crippen molar-refractivity contribution >= 4 is 72.8 Å². The van der Waals surface area contributed by atoms with Crippen LogP contribution in [-0.2, 0) is 72.8 Å². The second-order valence-electron chi connectivity index (χ2n) is 3.13. The lowest BCUT2D eigenvalue weighted by atomic mass is 13.6. The highest BCUT2D eigenvalue weighted by Crippen LogP contribution is 1.61. The van der Waals surface area contributed by atoms with Crippen LogP contribution in [0.1, 0.15) is 0 Å². The summed E-state index contributed by atoms with van der Waals surface area (Å²) in [6.45, 7) is 0. The molecule has 0 rings (SSSR count). The molecular weight excluding hydrogens is 732 g/mol. The normalized spacial score (nSPS) is 10.7. The van der Waals surface area contributed by atoms with Gasteiger partial charge in [-0.25, -0.2) is 11.8 Å². The standard InChI is InChI=1S/2H3NO.7H2O4S/c2*1-2;7*1-5(2,3)4/h2*2H,1H2;7*(H2,1,2,3,4). The summed E-state index contributed by atoms with van der Waals surface area (Å²) in [4.78, 5) is 0. The molecule has 0 spiro atoms. The van der Waals surface area contributed by atoms with Crippen molar-refractivity contribution in [1.29, 1.82) is 0 Å². The van der Waals surface area contributed by atoms with Gasteiger partial charge in [0.1, 0.15) is 0 Å². The predicted molar refractivity (Wildman–Crippen MR) is 111 cm³/mol. The van der Waals surface area contributed by atoms with Gasteiger partial charge in [0.15, 0.2) is 0 Å². The smallest absolute Gasteiger partial charge is 0.320 e. The molecule has 0 aliphatic rings. The molecule has 0 bridgehead atoms. The van der Waals surface area contributed by atoms with E-state index in [4.69, 9.17) is 133 Å². The molecular formula is H20N2O30S7. The second-order valence-corrected chi connectivity index (χ2v) is 9.40. The first-order chi connectivity index (χ1) is 16.0. The van der Waals surface area contributed by atoms with E-state index in [1.165, 1.54) is 0 Å². The summed E-state index contributed by atoms with van der Waals surface area (Å²) < 4.78 is 221. The van der Waals surface area contributed by atoms with Gasteiger partial charge in [0.25, 0.3) is 0 Å². The summed E-state index contributed by atoms with van der Waals surface area (Å²) in [5, 5.41) is 13.0. The number of hydrogen-bond donors (Lipinski definition) is 18. The van der Waals surface area contributed by atoms with Crippen molar-refractivity contribution in [2.75, 3.05) is 0 Å². The average molecular weight is 753 g/mol. The van der Waals surface area contributed by atoms with E-state index in [9.17, 15) is 0 Å². The van der Waals surface area contributed by atoms with Gasteiger partial charge in [-0.3, -0.25) is 63.7 Å². The minimum absolute atomic E-state index is 3.50. The van der Waals surface area contributed by atoms with Crippen LogP contribution in [0.4, 0.5) is 0 Å². The highest BCUT2D eigenvalue weighted by molar-refractivity contribution is 7.81. The molecule has 39 heavy (non-hydrogen) atoms. The zero-order valence-electron chi connectivity index (χ0n) is 16.9. The third kappa shape index (κ3) is 39400. The Bertz CT molecular complexity index is 914. The fraction of sp³-hybridized carbons (Fsp3) is 0. The molecule has 0 saturated carbocycles. The van der Waals surface area contributed by atoms with Crippen molar-refractivity contribution in [3.63, 3.8) is 0 Å². The molecule has 32 nitrogen and oxygen atoms in total. The molecule has 0 atom stereocenters. The lowest BCUT2D eigenvalue weighted by molar-refractivity contribution is 0.311. The first-order valence-electron chi connectivity index (χ1n) is 5.41. The zero-order valence-corrected chi connectivity index (χ0v) is 22.6. The van der Waals surface area contributed by atoms with Crippen molar-refractivity contribution in [2.24, 2.45) is 11.8 Å². The Kier molecular flexibility index (Phi) is 45.1. The van der Waals surface area contributed by atoms with Gasteiger partial charge in [0, 0.05) is 0 Å². The molecule has 0 radical (unpaired) electrons. The van der Waals surface area contributed by atoms with E-state index >= 15 is 0 Å². The summed E-state index contributed by atoms with van der Waals surface area (Å²) in [6, 6.07) is 0. The summed E-state index contributed by atoms with van der Waals surface area (Å²) >= 11 is 0. The molecule has 0 fully saturated rings. The van der Waals surface area contributed by atoms with Crippen LogP contribution in [-0.4, -0.2) is 133 Å². The molecule has 39 heteroatoms. The fourth-order valence-corrected chi connectivity index (χ4v) is 0. The molecule has 0 aromatic carbocycles. The highest BCUT2D eigenvalue weighted by Gasteiger charge is 1.87. The molecule has 0 heterocycles. The van der Waals surface area contributed by atoms with Gasteiger partial charge in [-0.2, -0.15) is 58.9 Å². The fourth-order valence-electron chi connectivity index (χ4n) is 0. The highest BCUT2D eigenvalue weighted by atomic mass is 32.3. The molecule has 0 unspecified atom stereocenters. The second kappa shape index (κ2) is 28.5. The van der Waals surface area contributed by atoms with Gasteiger partial charge in [0.05, 0.1) is 0 Å². The van der Waals surface area contributed by atoms with Crippen molar-refractivity contribution in [1.82, 2.24) is 0 Å². The Hall–Kier alpha value is -1.07. The first-order valence-corrected chi connectivity index (χ1v) is 15.2. The van der Waals surface area contributed by atoms with E-state index in [0.29, 0.717) is 0 Å². The maximum absolute atomic E-state index is 8.74. The third-order valence-electron chi connectivity index (χ3n) is 0. The van der Waals surface area contributed by atoms with Crippen LogP contribution in [0.3, 0.4) is 0 Å². The summed E-state index contributed by atoms with van der Waals surface area (Å²) in [7, 11) is -32.7. The average Bonchev–Trinajstić information content (AvgIpc) is 2.37. The Morgan fingerprint density at radius 1 is 0.205 bits per heavy atom. The van der Waals surface area contributed by atoms with Gasteiger partial charge in [-0.1, -0.05) is 0 Å². The van der Waals surface area contributed by atoms with Crippen molar-refractivity contribution in [2.45, 2.75) is 0 Å². The molecule has 0 amide bonds. The Morgan fingerprint density at radius 3 is 0.205 bits per heavy atom. The van der Waals surface area contributed by atoms with E-state index < -0.39 is 72.8 Å². The van der Waals surface area contributed by atoms with Gasteiger partial charge >= 0.3 is 72.8 Å². The van der Waals surface area contributed by atoms with Crippen LogP contribution in [0.2, 0.25) is 0 Å². The topological polar surface area (TPSA) is 615 Å². The van der Waals surface area contributed by atoms with E-state index in [2.05, 4.69) is 11.8 Å². The Morgan fingerprint density at radius 2 is 0.205 bits per heavy atom. The minimum Gasteiger partial charge on any atom is -0.320 e. The minimum atomic E-state index is -4.67. The lowest BCUT2D eigenvalue weighted by Gasteiger charge is -1.68. The summed E-state index contributed by atoms with van der Waals surface area (Å²) in [5.74, 6) is 7.00. The van der Waals surface area contributed by atoms with E-state index in [-0.39, 0.29) is 0 Å². The van der Waals surface area contributed by atoms with Gasteiger partial charge in [-0.05, 0) is 0 Å². The maximum atomic E-state index is 8.74. The van der Waals surface area contributed by atoms with E-state index in [1.807, 2.05) is 0 Å². The molecule has 252 valence electrons. The van der Waals surface area contributed by atoms with Crippen molar-refractivity contribution in [3.8, 4) is 0 Å². The SMILES string of the molecule is NO.NO.O=S(=O)(O)O.O=S(=O)(O)O.O=S(=O)(O)O.O=S(=O)(O)O.O=S(=O)(O)O.O=S(=O)(O)O.O=S(=O)(O)O. The van der Waals surface area contributed by atoms with Gasteiger partial charge < -0.3 is 10.4 Å². The Labute approximate surface area is 217 Å². The van der Waals surface area contributed by atoms with E-state index in [1.54, 1.807) is 0 Å². The molecule has 0 aliphatic heterocycles. The summed E-state index contributed by atoms with van der Waals surface area (Å²) in [6.07, 6.45) is 0. The first kappa shape index (κ1) is 61.8. The molecule has 0 aliphatic carbocycles. The quantitative estimate of drug-likeness (QED) is 0.0809. The van der Waals surface area contributed by atoms with Crippen molar-refractivity contribution in [3.05, 3.63) is 0 Å². The monoisotopic (exact) mass is 752 g/mol. The Balaban J connectivity index is -0.0000000376. The largest absolute Gasteiger partial charge is 0.394 e. The van der Waals surface area contributed by atoms with Gasteiger partial charge in [0.2, 0.25) is 0 Å². The van der Waals surface area contributed by atoms with Crippen LogP contribution in [0, 0.1) is 0 Å². The zero-order chi connectivity index (χ0) is 35.5. The predicted octanol–water partition coefficient (Wildman–Crippen LogP) is -5.90. The number of nitrogens with two attached hydrogens (primary N) is 2. The molecule has 0 saturated heterocycles. The van der Waals surface area contributed by atoms with Gasteiger partial charge in [-0.15, -0.1) is 0 Å². The number of hydrogen-bond acceptors (Lipinski definition) is 18. The van der Waals surface area contributed by atoms with Crippen LogP contribution < -0.4 is 11.8 Å². The third-order valence-corrected chi connectivity index (χ3v) is 0. The van der Waals surface area contributed by atoms with Crippen LogP contribution in [0.5, 0.6) is 0 Å².